The molecule has 1 heterocycles. The van der Waals surface area contributed by atoms with Crippen LogP contribution in [0.15, 0.2) is 12.3 Å². The minimum absolute atomic E-state index is 0.387. The third-order valence-corrected chi connectivity index (χ3v) is 1.35. The van der Waals surface area contributed by atoms with Gasteiger partial charge in [-0.1, -0.05) is 0 Å². The molecular formula is C7H6FN3O3. The normalized spacial score (nSPS) is 9.57. The molecule has 0 atom stereocenters. The van der Waals surface area contributed by atoms with Crippen LogP contribution in [0.5, 0.6) is 0 Å². The van der Waals surface area contributed by atoms with Gasteiger partial charge in [0.1, 0.15) is 0 Å². The molecule has 0 unspecified atom stereocenters. The van der Waals surface area contributed by atoms with Gasteiger partial charge in [-0.3, -0.25) is 14.9 Å². The Morgan fingerprint density at radius 3 is 2.86 bits per heavy atom. The summed E-state index contributed by atoms with van der Waals surface area (Å²) in [7, 11) is 0. The lowest BCUT2D eigenvalue weighted by molar-refractivity contribution is -0.386. The maximum atomic E-state index is 12.9. The van der Waals surface area contributed by atoms with E-state index in [0.29, 0.717) is 0 Å². The van der Waals surface area contributed by atoms with Crippen molar-refractivity contribution in [2.75, 3.05) is 5.32 Å². The number of aromatic nitrogens is 1. The lowest BCUT2D eigenvalue weighted by atomic mass is 10.3. The monoisotopic (exact) mass is 199 g/mol. The molecular weight excluding hydrogens is 193 g/mol. The Morgan fingerprint density at radius 2 is 2.36 bits per heavy atom. The summed E-state index contributed by atoms with van der Waals surface area (Å²) in [6, 6.07) is 0.851. The second-order valence-corrected chi connectivity index (χ2v) is 2.43. The van der Waals surface area contributed by atoms with Gasteiger partial charge in [0, 0.05) is 13.1 Å². The van der Waals surface area contributed by atoms with Crippen LogP contribution >= 0.6 is 0 Å². The molecule has 0 radical (unpaired) electrons. The van der Waals surface area contributed by atoms with Crippen molar-refractivity contribution >= 4 is 17.4 Å². The van der Waals surface area contributed by atoms with Gasteiger partial charge in [0.05, 0.1) is 4.92 Å². The molecule has 1 N–H and O–H groups in total. The van der Waals surface area contributed by atoms with E-state index >= 15 is 0 Å². The zero-order valence-electron chi connectivity index (χ0n) is 7.15. The zero-order chi connectivity index (χ0) is 10.7. The van der Waals surface area contributed by atoms with Crippen LogP contribution in [0.1, 0.15) is 6.92 Å². The summed E-state index contributed by atoms with van der Waals surface area (Å²) < 4.78 is 12.9. The van der Waals surface area contributed by atoms with E-state index in [-0.39, 0.29) is 5.82 Å². The Balaban J connectivity index is 3.21. The molecule has 1 rings (SSSR count). The number of halogens is 1. The highest BCUT2D eigenvalue weighted by atomic mass is 19.1. The lowest BCUT2D eigenvalue weighted by Crippen LogP contribution is -2.10. The van der Waals surface area contributed by atoms with Crippen molar-refractivity contribution in [1.82, 2.24) is 4.98 Å². The van der Waals surface area contributed by atoms with Crippen molar-refractivity contribution in [2.45, 2.75) is 6.92 Å². The summed E-state index contributed by atoms with van der Waals surface area (Å²) in [5.41, 5.74) is -0.831. The Bertz CT molecular complexity index is 394. The highest BCUT2D eigenvalue weighted by molar-refractivity contribution is 5.89. The number of rotatable bonds is 2. The number of carbonyl (C=O) groups excluding carboxylic acids is 1. The third kappa shape index (κ3) is 2.00. The van der Waals surface area contributed by atoms with Crippen LogP contribution in [-0.2, 0) is 4.79 Å². The van der Waals surface area contributed by atoms with Crippen LogP contribution in [0.2, 0.25) is 0 Å². The number of nitrogens with zero attached hydrogens (tertiary/aromatic N) is 2. The van der Waals surface area contributed by atoms with E-state index in [1.807, 2.05) is 0 Å². The largest absolute Gasteiger partial charge is 0.347 e. The van der Waals surface area contributed by atoms with Crippen LogP contribution in [0.25, 0.3) is 0 Å². The van der Waals surface area contributed by atoms with E-state index in [9.17, 15) is 19.3 Å². The fourth-order valence-corrected chi connectivity index (χ4v) is 0.862. The zero-order valence-corrected chi connectivity index (χ0v) is 7.15. The van der Waals surface area contributed by atoms with Crippen molar-refractivity contribution in [3.05, 3.63) is 28.2 Å². The number of pyridine rings is 1. The van der Waals surface area contributed by atoms with Crippen molar-refractivity contribution in [2.24, 2.45) is 0 Å². The molecule has 0 bridgehead atoms. The summed E-state index contributed by atoms with van der Waals surface area (Å²) in [6.07, 6.45) is 1.04. The Morgan fingerprint density at radius 1 is 1.71 bits per heavy atom. The van der Waals surface area contributed by atoms with Crippen molar-refractivity contribution in [1.29, 1.82) is 0 Å². The van der Waals surface area contributed by atoms with Crippen LogP contribution in [-0.4, -0.2) is 15.8 Å². The first kappa shape index (κ1) is 10.0. The minimum Gasteiger partial charge on any atom is -0.305 e. The summed E-state index contributed by atoms with van der Waals surface area (Å²) >= 11 is 0. The van der Waals surface area contributed by atoms with Gasteiger partial charge in [0.2, 0.25) is 17.5 Å². The van der Waals surface area contributed by atoms with E-state index in [4.69, 9.17) is 0 Å². The second kappa shape index (κ2) is 3.77. The Labute approximate surface area is 77.9 Å². The average molecular weight is 199 g/mol. The van der Waals surface area contributed by atoms with E-state index in [2.05, 4.69) is 10.3 Å². The molecule has 0 saturated heterocycles. The van der Waals surface area contributed by atoms with Gasteiger partial charge in [0.25, 0.3) is 0 Å². The summed E-state index contributed by atoms with van der Waals surface area (Å²) in [5.74, 6) is -1.97. The fraction of sp³-hybridized carbons (Fsp3) is 0.143. The quantitative estimate of drug-likeness (QED) is 0.570. The highest BCUT2D eigenvalue weighted by Gasteiger charge is 2.21. The maximum absolute atomic E-state index is 12.9. The Kier molecular flexibility index (Phi) is 2.70. The first-order chi connectivity index (χ1) is 6.52. The topological polar surface area (TPSA) is 85.1 Å². The molecule has 74 valence electrons. The number of anilines is 1. The van der Waals surface area contributed by atoms with Crippen LogP contribution in [0.4, 0.5) is 15.9 Å². The number of hydrogen-bond acceptors (Lipinski definition) is 4. The fourth-order valence-electron chi connectivity index (χ4n) is 0.862. The van der Waals surface area contributed by atoms with Gasteiger partial charge in [-0.2, -0.15) is 4.39 Å². The molecule has 1 aromatic rings. The van der Waals surface area contributed by atoms with E-state index in [1.54, 1.807) is 0 Å². The maximum Gasteiger partial charge on any atom is 0.347 e. The molecule has 7 heteroatoms. The molecule has 0 fully saturated rings. The molecule has 1 aromatic heterocycles. The van der Waals surface area contributed by atoms with Gasteiger partial charge in [0.15, 0.2) is 0 Å². The molecule has 0 aliphatic carbocycles. The van der Waals surface area contributed by atoms with E-state index in [0.717, 1.165) is 19.2 Å². The second-order valence-electron chi connectivity index (χ2n) is 2.43. The van der Waals surface area contributed by atoms with Crippen LogP contribution < -0.4 is 5.32 Å². The van der Waals surface area contributed by atoms with Crippen molar-refractivity contribution in [3.63, 3.8) is 0 Å². The molecule has 0 spiro atoms. The number of carbonyl (C=O) groups is 1. The van der Waals surface area contributed by atoms with Gasteiger partial charge in [-0.25, -0.2) is 4.98 Å². The third-order valence-electron chi connectivity index (χ3n) is 1.35. The lowest BCUT2D eigenvalue weighted by Gasteiger charge is -2.01. The smallest absolute Gasteiger partial charge is 0.305 e. The van der Waals surface area contributed by atoms with Crippen LogP contribution in [0.3, 0.4) is 0 Å². The van der Waals surface area contributed by atoms with Gasteiger partial charge >= 0.3 is 5.69 Å². The number of hydrogen-bond donors (Lipinski definition) is 1. The van der Waals surface area contributed by atoms with Gasteiger partial charge in [-0.05, 0) is 6.07 Å². The number of amides is 1. The molecule has 0 aromatic carbocycles. The summed E-state index contributed by atoms with van der Waals surface area (Å²) in [6.45, 7) is 1.15. The molecule has 1 amide bonds. The molecule has 0 saturated carbocycles. The van der Waals surface area contributed by atoms with E-state index in [1.165, 1.54) is 0 Å². The number of nitro groups is 1. The first-order valence-corrected chi connectivity index (χ1v) is 3.59. The molecule has 0 aliphatic rings. The first-order valence-electron chi connectivity index (χ1n) is 3.59. The minimum atomic E-state index is -1.03. The summed E-state index contributed by atoms with van der Waals surface area (Å²) in [5, 5.41) is 12.5. The standard InChI is InChI=1S/C7H6FN3O3/c1-4(12)10-7-6(11(13)14)5(8)2-3-9-7/h2-3H,1H3,(H,9,10,12). The predicted octanol–water partition coefficient (Wildman–Crippen LogP) is 1.09. The number of nitrogens with one attached hydrogen (secondary N) is 1. The highest BCUT2D eigenvalue weighted by Crippen LogP contribution is 2.24. The molecule has 0 aliphatic heterocycles. The molecule has 14 heavy (non-hydrogen) atoms. The van der Waals surface area contributed by atoms with E-state index < -0.39 is 22.3 Å². The van der Waals surface area contributed by atoms with Crippen LogP contribution in [0, 0.1) is 15.9 Å². The Hall–Kier alpha value is -2.05. The SMILES string of the molecule is CC(=O)Nc1nccc(F)c1[N+](=O)[O-]. The van der Waals surface area contributed by atoms with Gasteiger partial charge in [-0.15, -0.1) is 0 Å². The average Bonchev–Trinajstić information content (AvgIpc) is 2.01. The van der Waals surface area contributed by atoms with Crippen molar-refractivity contribution < 1.29 is 14.1 Å². The van der Waals surface area contributed by atoms with Gasteiger partial charge < -0.3 is 5.32 Å². The molecule has 6 nitrogen and oxygen atoms in total. The summed E-state index contributed by atoms with van der Waals surface area (Å²) in [4.78, 5) is 23.6. The van der Waals surface area contributed by atoms with Crippen molar-refractivity contribution in [3.8, 4) is 0 Å². The predicted molar refractivity (Wildman–Crippen MR) is 45.2 cm³/mol.